The van der Waals surface area contributed by atoms with Gasteiger partial charge >= 0.3 is 0 Å². The monoisotopic (exact) mass is 390 g/mol. The van der Waals surface area contributed by atoms with Crippen LogP contribution < -0.4 is 10.6 Å². The Hall–Kier alpha value is -1.21. The molecule has 0 aliphatic heterocycles. The van der Waals surface area contributed by atoms with E-state index in [1.165, 1.54) is 6.92 Å². The summed E-state index contributed by atoms with van der Waals surface area (Å²) in [7, 11) is 0. The van der Waals surface area contributed by atoms with Crippen LogP contribution in [0.2, 0.25) is 5.02 Å². The highest BCUT2D eigenvalue weighted by atomic mass is 127. The van der Waals surface area contributed by atoms with Crippen molar-refractivity contribution in [2.24, 2.45) is 0 Å². The van der Waals surface area contributed by atoms with Gasteiger partial charge in [0, 0.05) is 12.6 Å². The molecule has 19 heavy (non-hydrogen) atoms. The van der Waals surface area contributed by atoms with Gasteiger partial charge < -0.3 is 15.1 Å². The molecular weight excluding hydrogens is 379 g/mol. The van der Waals surface area contributed by atoms with Gasteiger partial charge in [-0.15, -0.1) is 0 Å². The van der Waals surface area contributed by atoms with Crippen molar-refractivity contribution in [3.05, 3.63) is 44.9 Å². The van der Waals surface area contributed by atoms with Crippen molar-refractivity contribution in [2.75, 3.05) is 10.6 Å². The normalized spacial score (nSPS) is 10.3. The van der Waals surface area contributed by atoms with Gasteiger partial charge in [0.25, 0.3) is 0 Å². The van der Waals surface area contributed by atoms with Crippen LogP contribution in [0.3, 0.4) is 0 Å². The van der Waals surface area contributed by atoms with Gasteiger partial charge in [-0.1, -0.05) is 11.6 Å². The minimum Gasteiger partial charge on any atom is -0.454 e. The zero-order valence-corrected chi connectivity index (χ0v) is 13.1. The van der Waals surface area contributed by atoms with E-state index in [9.17, 15) is 4.79 Å². The molecule has 0 spiro atoms. The predicted octanol–water partition coefficient (Wildman–Crippen LogP) is 4.11. The molecule has 0 radical (unpaired) electrons. The summed E-state index contributed by atoms with van der Waals surface area (Å²) < 4.78 is 6.30. The molecule has 0 aliphatic carbocycles. The van der Waals surface area contributed by atoms with E-state index in [1.807, 2.05) is 18.2 Å². The smallest absolute Gasteiger partial charge is 0.221 e. The van der Waals surface area contributed by atoms with E-state index in [-0.39, 0.29) is 5.91 Å². The molecule has 1 aromatic heterocycles. The third-order valence-corrected chi connectivity index (χ3v) is 3.27. The Morgan fingerprint density at radius 1 is 1.37 bits per heavy atom. The number of furan rings is 1. The van der Waals surface area contributed by atoms with Crippen LogP contribution in [0.15, 0.2) is 34.7 Å². The Balaban J connectivity index is 2.01. The predicted molar refractivity (Wildman–Crippen MR) is 84.5 cm³/mol. The molecule has 0 aliphatic rings. The Morgan fingerprint density at radius 2 is 2.16 bits per heavy atom. The van der Waals surface area contributed by atoms with Crippen molar-refractivity contribution in [1.82, 2.24) is 0 Å². The van der Waals surface area contributed by atoms with E-state index in [0.29, 0.717) is 17.3 Å². The van der Waals surface area contributed by atoms with Crippen LogP contribution in [0.1, 0.15) is 12.7 Å². The molecule has 4 nitrogen and oxygen atoms in total. The molecule has 0 atom stereocenters. The van der Waals surface area contributed by atoms with Crippen molar-refractivity contribution < 1.29 is 9.21 Å². The van der Waals surface area contributed by atoms with Crippen LogP contribution in [0, 0.1) is 3.77 Å². The van der Waals surface area contributed by atoms with Crippen molar-refractivity contribution in [1.29, 1.82) is 0 Å². The van der Waals surface area contributed by atoms with Gasteiger partial charge in [0.1, 0.15) is 5.76 Å². The van der Waals surface area contributed by atoms with Gasteiger partial charge in [0.2, 0.25) is 5.91 Å². The summed E-state index contributed by atoms with van der Waals surface area (Å²) in [4.78, 5) is 11.0. The van der Waals surface area contributed by atoms with E-state index in [0.717, 1.165) is 15.2 Å². The molecular formula is C13H12ClIN2O2. The number of halogens is 2. The lowest BCUT2D eigenvalue weighted by Crippen LogP contribution is -2.06. The van der Waals surface area contributed by atoms with Gasteiger partial charge in [-0.25, -0.2) is 0 Å². The summed E-state index contributed by atoms with van der Waals surface area (Å²) in [5.74, 6) is 0.708. The van der Waals surface area contributed by atoms with Crippen molar-refractivity contribution in [2.45, 2.75) is 13.5 Å². The Kier molecular flexibility index (Phi) is 4.71. The third-order valence-electron chi connectivity index (χ3n) is 2.38. The van der Waals surface area contributed by atoms with Crippen LogP contribution in [0.25, 0.3) is 0 Å². The molecule has 6 heteroatoms. The molecule has 0 fully saturated rings. The maximum Gasteiger partial charge on any atom is 0.221 e. The summed E-state index contributed by atoms with van der Waals surface area (Å²) in [5, 5.41) is 6.36. The minimum atomic E-state index is -0.146. The molecule has 2 aromatic rings. The molecule has 100 valence electrons. The summed E-state index contributed by atoms with van der Waals surface area (Å²) >= 11 is 8.20. The van der Waals surface area contributed by atoms with Crippen LogP contribution in [-0.2, 0) is 11.3 Å². The first-order valence-electron chi connectivity index (χ1n) is 5.60. The van der Waals surface area contributed by atoms with Crippen LogP contribution in [-0.4, -0.2) is 5.91 Å². The first-order valence-corrected chi connectivity index (χ1v) is 7.05. The fourth-order valence-electron chi connectivity index (χ4n) is 1.55. The lowest BCUT2D eigenvalue weighted by molar-refractivity contribution is -0.114. The number of nitrogens with one attached hydrogen (secondary N) is 2. The standard InChI is InChI=1S/C13H12ClIN2O2/c1-8(18)17-12-4-2-9(6-11(12)14)16-7-10-3-5-13(15)19-10/h2-6,16H,7H2,1H3,(H,17,18). The van der Waals surface area contributed by atoms with Crippen molar-refractivity contribution in [3.63, 3.8) is 0 Å². The van der Waals surface area contributed by atoms with Gasteiger partial charge in [-0.2, -0.15) is 0 Å². The highest BCUT2D eigenvalue weighted by molar-refractivity contribution is 14.1. The quantitative estimate of drug-likeness (QED) is 0.773. The zero-order chi connectivity index (χ0) is 13.8. The SMILES string of the molecule is CC(=O)Nc1ccc(NCc2ccc(I)o2)cc1Cl. The molecule has 1 amide bonds. The summed E-state index contributed by atoms with van der Waals surface area (Å²) in [6, 6.07) is 9.20. The molecule has 2 rings (SSSR count). The van der Waals surface area contributed by atoms with Gasteiger partial charge in [-0.3, -0.25) is 4.79 Å². The lowest BCUT2D eigenvalue weighted by atomic mass is 10.2. The van der Waals surface area contributed by atoms with E-state index in [4.69, 9.17) is 16.0 Å². The summed E-state index contributed by atoms with van der Waals surface area (Å²) in [6.07, 6.45) is 0. The average molecular weight is 391 g/mol. The first kappa shape index (κ1) is 14.2. The lowest BCUT2D eigenvalue weighted by Gasteiger charge is -2.08. The number of benzene rings is 1. The van der Waals surface area contributed by atoms with E-state index >= 15 is 0 Å². The van der Waals surface area contributed by atoms with Crippen molar-refractivity contribution >= 4 is 51.5 Å². The molecule has 1 aromatic carbocycles. The van der Waals surface area contributed by atoms with Gasteiger partial charge in [-0.05, 0) is 52.9 Å². The number of carbonyl (C=O) groups is 1. The summed E-state index contributed by atoms with van der Waals surface area (Å²) in [6.45, 7) is 2.03. The molecule has 1 heterocycles. The van der Waals surface area contributed by atoms with E-state index in [1.54, 1.807) is 12.1 Å². The molecule has 0 saturated heterocycles. The molecule has 0 saturated carbocycles. The second-order valence-corrected chi connectivity index (χ2v) is 5.41. The van der Waals surface area contributed by atoms with Gasteiger partial charge in [0.15, 0.2) is 3.77 Å². The Labute approximate surface area is 129 Å². The topological polar surface area (TPSA) is 54.3 Å². The third kappa shape index (κ3) is 4.14. The zero-order valence-electron chi connectivity index (χ0n) is 10.2. The van der Waals surface area contributed by atoms with Crippen LogP contribution in [0.5, 0.6) is 0 Å². The minimum absolute atomic E-state index is 0.146. The van der Waals surface area contributed by atoms with E-state index in [2.05, 4.69) is 33.2 Å². The fourth-order valence-corrected chi connectivity index (χ4v) is 2.24. The van der Waals surface area contributed by atoms with Gasteiger partial charge in [0.05, 0.1) is 17.3 Å². The largest absolute Gasteiger partial charge is 0.454 e. The highest BCUT2D eigenvalue weighted by Gasteiger charge is 2.04. The first-order chi connectivity index (χ1) is 9.04. The van der Waals surface area contributed by atoms with Crippen LogP contribution >= 0.6 is 34.2 Å². The van der Waals surface area contributed by atoms with Crippen LogP contribution in [0.4, 0.5) is 11.4 Å². The maximum atomic E-state index is 11.0. The number of hydrogen-bond donors (Lipinski definition) is 2. The Bertz CT molecular complexity index is 598. The molecule has 2 N–H and O–H groups in total. The Morgan fingerprint density at radius 3 is 2.74 bits per heavy atom. The highest BCUT2D eigenvalue weighted by Crippen LogP contribution is 2.25. The number of carbonyl (C=O) groups excluding carboxylic acids is 1. The number of rotatable bonds is 4. The second kappa shape index (κ2) is 6.29. The molecule has 0 bridgehead atoms. The van der Waals surface area contributed by atoms with Crippen molar-refractivity contribution in [3.8, 4) is 0 Å². The second-order valence-electron chi connectivity index (χ2n) is 3.94. The fraction of sp³-hybridized carbons (Fsp3) is 0.154. The summed E-state index contributed by atoms with van der Waals surface area (Å²) in [5.41, 5.74) is 1.47. The number of hydrogen-bond acceptors (Lipinski definition) is 3. The van der Waals surface area contributed by atoms with E-state index < -0.39 is 0 Å². The number of amides is 1. The number of anilines is 2. The molecule has 0 unspecified atom stereocenters. The maximum absolute atomic E-state index is 11.0. The average Bonchev–Trinajstić information content (AvgIpc) is 2.75.